The number of rotatable bonds is 2. The van der Waals surface area contributed by atoms with Gasteiger partial charge < -0.3 is 10.5 Å². The highest BCUT2D eigenvalue weighted by Crippen LogP contribution is 2.12. The number of pyridine rings is 1. The van der Waals surface area contributed by atoms with Crippen molar-refractivity contribution < 1.29 is 9.53 Å². The molecule has 0 saturated carbocycles. The van der Waals surface area contributed by atoms with E-state index < -0.39 is 5.91 Å². The highest BCUT2D eigenvalue weighted by atomic mass is 16.5. The molecule has 0 unspecified atom stereocenters. The summed E-state index contributed by atoms with van der Waals surface area (Å²) in [5.41, 5.74) is 5.46. The Hall–Kier alpha value is -2.62. The molecule has 0 fully saturated rings. The predicted molar refractivity (Wildman–Crippen MR) is 55.5 cm³/mol. The average molecular weight is 219 g/mol. The van der Waals surface area contributed by atoms with Crippen LogP contribution in [0.3, 0.4) is 0 Å². The predicted octanol–water partition coefficient (Wildman–Crippen LogP) is -0.384. The Morgan fingerprint density at radius 2 is 2.50 bits per heavy atom. The van der Waals surface area contributed by atoms with Gasteiger partial charge in [-0.2, -0.15) is 5.26 Å². The smallest absolute Gasteiger partial charge is 0.263 e. The third-order valence-corrected chi connectivity index (χ3v) is 1.62. The van der Waals surface area contributed by atoms with Gasteiger partial charge in [0.2, 0.25) is 18.0 Å². The van der Waals surface area contributed by atoms with Crippen molar-refractivity contribution in [2.24, 2.45) is 10.7 Å². The van der Waals surface area contributed by atoms with E-state index in [-0.39, 0.29) is 17.4 Å². The zero-order valence-corrected chi connectivity index (χ0v) is 8.47. The lowest BCUT2D eigenvalue weighted by atomic mass is 10.2. The molecular weight excluding hydrogens is 210 g/mol. The SMILES string of the molecule is COc1ncccc1C(=O)NC(N)=NC#N. The van der Waals surface area contributed by atoms with Crippen LogP contribution in [0.5, 0.6) is 5.88 Å². The number of nitrogens with one attached hydrogen (secondary N) is 1. The third-order valence-electron chi connectivity index (χ3n) is 1.62. The molecule has 0 bridgehead atoms. The Morgan fingerprint density at radius 1 is 1.75 bits per heavy atom. The molecule has 0 aliphatic heterocycles. The summed E-state index contributed by atoms with van der Waals surface area (Å²) in [6.45, 7) is 0. The van der Waals surface area contributed by atoms with Gasteiger partial charge in [-0.15, -0.1) is 4.99 Å². The Kier molecular flexibility index (Phi) is 3.80. The molecule has 1 rings (SSSR count). The molecule has 3 N–H and O–H groups in total. The number of hydrogen-bond donors (Lipinski definition) is 2. The van der Waals surface area contributed by atoms with Crippen LogP contribution < -0.4 is 15.8 Å². The minimum Gasteiger partial charge on any atom is -0.480 e. The number of nitrogens with zero attached hydrogens (tertiary/aromatic N) is 3. The summed E-state index contributed by atoms with van der Waals surface area (Å²) in [7, 11) is 1.39. The maximum absolute atomic E-state index is 11.6. The van der Waals surface area contributed by atoms with Crippen molar-refractivity contribution in [2.75, 3.05) is 7.11 Å². The van der Waals surface area contributed by atoms with E-state index in [0.29, 0.717) is 0 Å². The average Bonchev–Trinajstić information content (AvgIpc) is 2.29. The van der Waals surface area contributed by atoms with Crippen LogP contribution in [0.1, 0.15) is 10.4 Å². The van der Waals surface area contributed by atoms with Crippen molar-refractivity contribution in [2.45, 2.75) is 0 Å². The monoisotopic (exact) mass is 219 g/mol. The Balaban J connectivity index is 2.89. The molecular formula is C9H9N5O2. The van der Waals surface area contributed by atoms with Crippen LogP contribution in [0.4, 0.5) is 0 Å². The largest absolute Gasteiger partial charge is 0.480 e. The first-order valence-electron chi connectivity index (χ1n) is 4.21. The van der Waals surface area contributed by atoms with Crippen LogP contribution >= 0.6 is 0 Å². The van der Waals surface area contributed by atoms with Gasteiger partial charge in [0.25, 0.3) is 5.91 Å². The topological polar surface area (TPSA) is 113 Å². The first-order chi connectivity index (χ1) is 7.69. The molecule has 0 aromatic carbocycles. The van der Waals surface area contributed by atoms with E-state index in [1.165, 1.54) is 25.6 Å². The number of ether oxygens (including phenoxy) is 1. The highest BCUT2D eigenvalue weighted by Gasteiger charge is 2.13. The van der Waals surface area contributed by atoms with Gasteiger partial charge in [0, 0.05) is 6.20 Å². The molecule has 1 heterocycles. The molecule has 7 nitrogen and oxygen atoms in total. The number of carbonyl (C=O) groups is 1. The molecule has 1 amide bonds. The minimum absolute atomic E-state index is 0.171. The number of aromatic nitrogens is 1. The summed E-state index contributed by atoms with van der Waals surface area (Å²) in [6.07, 6.45) is 2.94. The first kappa shape index (κ1) is 11.5. The number of guanidine groups is 1. The lowest BCUT2D eigenvalue weighted by molar-refractivity contribution is 0.0973. The minimum atomic E-state index is -0.540. The first-order valence-corrected chi connectivity index (χ1v) is 4.21. The molecule has 0 radical (unpaired) electrons. The van der Waals surface area contributed by atoms with E-state index >= 15 is 0 Å². The third kappa shape index (κ3) is 2.68. The van der Waals surface area contributed by atoms with Crippen LogP contribution in [0.15, 0.2) is 23.3 Å². The van der Waals surface area contributed by atoms with Crippen LogP contribution in [0.2, 0.25) is 0 Å². The molecule has 0 aliphatic rings. The van der Waals surface area contributed by atoms with Crippen molar-refractivity contribution in [3.63, 3.8) is 0 Å². The van der Waals surface area contributed by atoms with Crippen molar-refractivity contribution in [3.05, 3.63) is 23.9 Å². The summed E-state index contributed by atoms with van der Waals surface area (Å²) in [4.78, 5) is 18.6. The second-order valence-electron chi connectivity index (χ2n) is 2.61. The number of hydrogen-bond acceptors (Lipinski definition) is 5. The quantitative estimate of drug-likeness (QED) is 0.399. The van der Waals surface area contributed by atoms with E-state index in [1.807, 2.05) is 0 Å². The molecule has 1 aromatic heterocycles. The van der Waals surface area contributed by atoms with Gasteiger partial charge in [0.05, 0.1) is 7.11 Å². The van der Waals surface area contributed by atoms with Crippen LogP contribution in [-0.2, 0) is 0 Å². The fourth-order valence-electron chi connectivity index (χ4n) is 0.992. The maximum atomic E-state index is 11.6. The molecule has 0 saturated heterocycles. The Bertz CT molecular complexity index is 463. The molecule has 7 heteroatoms. The zero-order valence-electron chi connectivity index (χ0n) is 8.47. The highest BCUT2D eigenvalue weighted by molar-refractivity contribution is 6.06. The number of aliphatic imine (C=N–C) groups is 1. The normalized spacial score (nSPS) is 10.4. The molecule has 0 atom stereocenters. The van der Waals surface area contributed by atoms with Gasteiger partial charge in [0.15, 0.2) is 0 Å². The fourth-order valence-corrected chi connectivity index (χ4v) is 0.992. The van der Waals surface area contributed by atoms with Gasteiger partial charge in [-0.05, 0) is 12.1 Å². The van der Waals surface area contributed by atoms with Crippen molar-refractivity contribution >= 4 is 11.9 Å². The number of amides is 1. The van der Waals surface area contributed by atoms with Crippen molar-refractivity contribution in [1.29, 1.82) is 5.26 Å². The molecule has 0 spiro atoms. The Labute approximate surface area is 91.6 Å². The fraction of sp³-hybridized carbons (Fsp3) is 0.111. The van der Waals surface area contributed by atoms with E-state index in [4.69, 9.17) is 15.7 Å². The van der Waals surface area contributed by atoms with Crippen LogP contribution in [0.25, 0.3) is 0 Å². The van der Waals surface area contributed by atoms with Gasteiger partial charge in [-0.3, -0.25) is 10.1 Å². The number of carbonyl (C=O) groups excluding carboxylic acids is 1. The summed E-state index contributed by atoms with van der Waals surface area (Å²) in [5.74, 6) is -0.649. The second-order valence-corrected chi connectivity index (χ2v) is 2.61. The number of nitriles is 1. The number of methoxy groups -OCH3 is 1. The van der Waals surface area contributed by atoms with Gasteiger partial charge >= 0.3 is 0 Å². The standard InChI is InChI=1S/C9H9N5O2/c1-16-8-6(3-2-4-12-8)7(15)14-9(11)13-5-10/h2-4H,1H3,(H3,11,13,14,15). The van der Waals surface area contributed by atoms with Crippen LogP contribution in [-0.4, -0.2) is 24.0 Å². The Morgan fingerprint density at radius 3 is 3.12 bits per heavy atom. The maximum Gasteiger partial charge on any atom is 0.263 e. The van der Waals surface area contributed by atoms with Gasteiger partial charge in [-0.1, -0.05) is 0 Å². The summed E-state index contributed by atoms with van der Waals surface area (Å²) >= 11 is 0. The van der Waals surface area contributed by atoms with Crippen LogP contribution in [0, 0.1) is 11.5 Å². The molecule has 0 aliphatic carbocycles. The van der Waals surface area contributed by atoms with E-state index in [1.54, 1.807) is 6.07 Å². The molecule has 16 heavy (non-hydrogen) atoms. The summed E-state index contributed by atoms with van der Waals surface area (Å²) in [5, 5.41) is 10.4. The zero-order chi connectivity index (χ0) is 12.0. The summed E-state index contributed by atoms with van der Waals surface area (Å²) < 4.78 is 4.89. The lowest BCUT2D eigenvalue weighted by Gasteiger charge is -2.06. The van der Waals surface area contributed by atoms with E-state index in [9.17, 15) is 4.79 Å². The van der Waals surface area contributed by atoms with E-state index in [0.717, 1.165) is 0 Å². The molecule has 1 aromatic rings. The summed E-state index contributed by atoms with van der Waals surface area (Å²) in [6, 6.07) is 3.09. The van der Waals surface area contributed by atoms with Crippen molar-refractivity contribution in [3.8, 4) is 12.1 Å². The lowest BCUT2D eigenvalue weighted by Crippen LogP contribution is -2.36. The molecule has 82 valence electrons. The second kappa shape index (κ2) is 5.31. The van der Waals surface area contributed by atoms with E-state index in [2.05, 4.69) is 15.3 Å². The van der Waals surface area contributed by atoms with Gasteiger partial charge in [-0.25, -0.2) is 4.98 Å². The van der Waals surface area contributed by atoms with Gasteiger partial charge in [0.1, 0.15) is 5.56 Å². The number of nitrogens with two attached hydrogens (primary N) is 1. The van der Waals surface area contributed by atoms with Crippen molar-refractivity contribution in [1.82, 2.24) is 10.3 Å².